The highest BCUT2D eigenvalue weighted by Crippen LogP contribution is 2.30. The van der Waals surface area contributed by atoms with Gasteiger partial charge in [-0.15, -0.1) is 0 Å². The number of nitrogens with zero attached hydrogens (tertiary/aromatic N) is 3. The maximum Gasteiger partial charge on any atom is 0.256 e. The highest BCUT2D eigenvalue weighted by Gasteiger charge is 2.20. The Morgan fingerprint density at radius 2 is 1.77 bits per heavy atom. The largest absolute Gasteiger partial charge is 0.497 e. The van der Waals surface area contributed by atoms with Crippen LogP contribution in [0.5, 0.6) is 11.5 Å². The molecule has 7 nitrogen and oxygen atoms in total. The number of aryl methyl sites for hydroxylation is 2. The first-order chi connectivity index (χ1) is 14.5. The second kappa shape index (κ2) is 7.87. The van der Waals surface area contributed by atoms with Crippen molar-refractivity contribution in [2.24, 2.45) is 7.05 Å². The molecule has 30 heavy (non-hydrogen) atoms. The molecule has 0 aliphatic rings. The summed E-state index contributed by atoms with van der Waals surface area (Å²) >= 11 is 0. The Morgan fingerprint density at radius 1 is 1.03 bits per heavy atom. The fourth-order valence-electron chi connectivity index (χ4n) is 3.47. The van der Waals surface area contributed by atoms with Gasteiger partial charge in [0.2, 0.25) is 0 Å². The van der Waals surface area contributed by atoms with Crippen molar-refractivity contribution in [3.05, 3.63) is 65.9 Å². The third kappa shape index (κ3) is 3.45. The Kier molecular flexibility index (Phi) is 5.10. The molecular weight excluding hydrogens is 380 g/mol. The van der Waals surface area contributed by atoms with Crippen LogP contribution >= 0.6 is 0 Å². The minimum Gasteiger partial charge on any atom is -0.497 e. The van der Waals surface area contributed by atoms with Crippen molar-refractivity contribution in [3.63, 3.8) is 0 Å². The topological polar surface area (TPSA) is 78.3 Å². The molecule has 0 aliphatic heterocycles. The number of carbonyl (C=O) groups excluding carboxylic acids is 1. The number of fused-ring (bicyclic) bond motifs is 1. The van der Waals surface area contributed by atoms with Crippen molar-refractivity contribution in [3.8, 4) is 22.8 Å². The van der Waals surface area contributed by atoms with Crippen molar-refractivity contribution in [2.45, 2.75) is 6.92 Å². The molecule has 0 saturated carbocycles. The maximum absolute atomic E-state index is 13.3. The highest BCUT2D eigenvalue weighted by molar-refractivity contribution is 6.13. The Labute approximate surface area is 174 Å². The number of aromatic nitrogens is 3. The van der Waals surface area contributed by atoms with Gasteiger partial charge < -0.3 is 14.8 Å². The van der Waals surface area contributed by atoms with Gasteiger partial charge in [0.05, 0.1) is 42.2 Å². The number of hydrogen-bond acceptors (Lipinski definition) is 5. The molecule has 7 heteroatoms. The number of ether oxygens (including phenoxy) is 2. The molecular formula is C23H22N4O3. The number of para-hydroxylation sites is 2. The van der Waals surface area contributed by atoms with E-state index < -0.39 is 0 Å². The summed E-state index contributed by atoms with van der Waals surface area (Å²) in [5.41, 5.74) is 4.04. The number of benzene rings is 2. The summed E-state index contributed by atoms with van der Waals surface area (Å²) in [6, 6.07) is 16.7. The maximum atomic E-state index is 13.3. The van der Waals surface area contributed by atoms with Crippen LogP contribution in [0.25, 0.3) is 22.3 Å². The Hall–Kier alpha value is -3.87. The minimum absolute atomic E-state index is 0.252. The summed E-state index contributed by atoms with van der Waals surface area (Å²) in [7, 11) is 5.02. The van der Waals surface area contributed by atoms with E-state index in [1.165, 1.54) is 0 Å². The van der Waals surface area contributed by atoms with Crippen LogP contribution in [-0.4, -0.2) is 34.9 Å². The molecule has 0 radical (unpaired) electrons. The van der Waals surface area contributed by atoms with Crippen molar-refractivity contribution in [1.29, 1.82) is 0 Å². The molecule has 0 atom stereocenters. The molecule has 0 unspecified atom stereocenters. The Morgan fingerprint density at radius 3 is 2.47 bits per heavy atom. The average Bonchev–Trinajstić information content (AvgIpc) is 3.07. The first-order valence-corrected chi connectivity index (χ1v) is 9.45. The summed E-state index contributed by atoms with van der Waals surface area (Å²) in [4.78, 5) is 18.1. The van der Waals surface area contributed by atoms with Crippen LogP contribution in [0.4, 0.5) is 5.69 Å². The van der Waals surface area contributed by atoms with Crippen molar-refractivity contribution < 1.29 is 14.3 Å². The number of hydrogen-bond donors (Lipinski definition) is 1. The van der Waals surface area contributed by atoms with Crippen molar-refractivity contribution in [2.75, 3.05) is 19.5 Å². The third-order valence-corrected chi connectivity index (χ3v) is 4.95. The first kappa shape index (κ1) is 19.4. The lowest BCUT2D eigenvalue weighted by atomic mass is 10.0. The summed E-state index contributed by atoms with van der Waals surface area (Å²) in [5.74, 6) is 1.09. The molecule has 152 valence electrons. The summed E-state index contributed by atoms with van der Waals surface area (Å²) in [5, 5.41) is 8.14. The molecule has 2 aromatic heterocycles. The Balaban J connectivity index is 1.83. The minimum atomic E-state index is -0.252. The number of pyridine rings is 1. The lowest BCUT2D eigenvalue weighted by molar-refractivity contribution is 0.102. The quantitative estimate of drug-likeness (QED) is 0.541. The fourth-order valence-corrected chi connectivity index (χ4v) is 3.47. The monoisotopic (exact) mass is 402 g/mol. The predicted octanol–water partition coefficient (Wildman–Crippen LogP) is 4.21. The zero-order valence-electron chi connectivity index (χ0n) is 17.3. The fraction of sp³-hybridized carbons (Fsp3) is 0.174. The standard InChI is InChI=1S/C23H22N4O3/c1-14-21-17(23(28)25-18-7-5-6-8-20(18)30-4)13-19(24-22(21)27(2)26-14)15-9-11-16(29-3)12-10-15/h5-13H,1-4H3,(H,25,28). The smallest absolute Gasteiger partial charge is 0.256 e. The zero-order valence-corrected chi connectivity index (χ0v) is 17.3. The van der Waals surface area contributed by atoms with E-state index in [1.807, 2.05) is 50.4 Å². The van der Waals surface area contributed by atoms with Crippen molar-refractivity contribution in [1.82, 2.24) is 14.8 Å². The van der Waals surface area contributed by atoms with Crippen LogP contribution in [0.2, 0.25) is 0 Å². The van der Waals surface area contributed by atoms with E-state index in [4.69, 9.17) is 14.5 Å². The lowest BCUT2D eigenvalue weighted by Gasteiger charge is -2.12. The van der Waals surface area contributed by atoms with E-state index in [-0.39, 0.29) is 5.91 Å². The van der Waals surface area contributed by atoms with Gasteiger partial charge in [0, 0.05) is 12.6 Å². The molecule has 1 N–H and O–H groups in total. The molecule has 0 saturated heterocycles. The molecule has 0 fully saturated rings. The van der Waals surface area contributed by atoms with Crippen LogP contribution in [0.15, 0.2) is 54.6 Å². The predicted molar refractivity (Wildman–Crippen MR) is 116 cm³/mol. The number of anilines is 1. The van der Waals surface area contributed by atoms with Gasteiger partial charge in [-0.25, -0.2) is 4.98 Å². The highest BCUT2D eigenvalue weighted by atomic mass is 16.5. The molecule has 0 bridgehead atoms. The molecule has 1 amide bonds. The average molecular weight is 402 g/mol. The molecule has 0 spiro atoms. The number of methoxy groups -OCH3 is 2. The molecule has 4 aromatic rings. The van der Waals surface area contributed by atoms with E-state index in [0.29, 0.717) is 28.3 Å². The molecule has 0 aliphatic carbocycles. The van der Waals surface area contributed by atoms with Gasteiger partial charge in [0.25, 0.3) is 5.91 Å². The third-order valence-electron chi connectivity index (χ3n) is 4.95. The summed E-state index contributed by atoms with van der Waals surface area (Å²) in [6.45, 7) is 1.87. The van der Waals surface area contributed by atoms with E-state index in [1.54, 1.807) is 37.1 Å². The van der Waals surface area contributed by atoms with Crippen LogP contribution in [0.3, 0.4) is 0 Å². The summed E-state index contributed by atoms with van der Waals surface area (Å²) in [6.07, 6.45) is 0. The van der Waals surface area contributed by atoms with E-state index in [0.717, 1.165) is 22.4 Å². The Bertz CT molecular complexity index is 1230. The van der Waals surface area contributed by atoms with Gasteiger partial charge in [-0.1, -0.05) is 12.1 Å². The van der Waals surface area contributed by atoms with E-state index in [2.05, 4.69) is 10.4 Å². The SMILES string of the molecule is COc1ccc(-c2cc(C(=O)Nc3ccccc3OC)c3c(C)nn(C)c3n2)cc1. The summed E-state index contributed by atoms with van der Waals surface area (Å²) < 4.78 is 12.3. The molecule has 2 heterocycles. The van der Waals surface area contributed by atoms with Gasteiger partial charge in [-0.05, 0) is 49.4 Å². The number of nitrogens with one attached hydrogen (secondary N) is 1. The van der Waals surface area contributed by atoms with E-state index >= 15 is 0 Å². The van der Waals surface area contributed by atoms with Gasteiger partial charge in [0.15, 0.2) is 5.65 Å². The molecule has 2 aromatic carbocycles. The normalized spacial score (nSPS) is 10.8. The van der Waals surface area contributed by atoms with E-state index in [9.17, 15) is 4.79 Å². The van der Waals surface area contributed by atoms with Gasteiger partial charge in [-0.3, -0.25) is 9.48 Å². The van der Waals surface area contributed by atoms with Crippen LogP contribution in [-0.2, 0) is 7.05 Å². The first-order valence-electron chi connectivity index (χ1n) is 9.45. The van der Waals surface area contributed by atoms with Gasteiger partial charge in [0.1, 0.15) is 11.5 Å². The second-order valence-electron chi connectivity index (χ2n) is 6.85. The number of carbonyl (C=O) groups is 1. The van der Waals surface area contributed by atoms with Crippen LogP contribution in [0.1, 0.15) is 16.1 Å². The van der Waals surface area contributed by atoms with Crippen molar-refractivity contribution >= 4 is 22.6 Å². The number of rotatable bonds is 5. The lowest BCUT2D eigenvalue weighted by Crippen LogP contribution is -2.14. The van der Waals surface area contributed by atoms with Gasteiger partial charge >= 0.3 is 0 Å². The second-order valence-corrected chi connectivity index (χ2v) is 6.85. The van der Waals surface area contributed by atoms with Crippen LogP contribution in [0, 0.1) is 6.92 Å². The van der Waals surface area contributed by atoms with Gasteiger partial charge in [-0.2, -0.15) is 5.10 Å². The van der Waals surface area contributed by atoms with Crippen LogP contribution < -0.4 is 14.8 Å². The molecule has 4 rings (SSSR count). The zero-order chi connectivity index (χ0) is 21.3. The number of amides is 1.